The van der Waals surface area contributed by atoms with Crippen molar-refractivity contribution < 1.29 is 9.53 Å². The van der Waals surface area contributed by atoms with Gasteiger partial charge in [0.05, 0.1) is 6.61 Å². The number of aryl methyl sites for hydroxylation is 1. The fourth-order valence-electron chi connectivity index (χ4n) is 1.32. The zero-order chi connectivity index (χ0) is 12.8. The number of nitrogens with one attached hydrogen (secondary N) is 1. The molecule has 17 heavy (non-hydrogen) atoms. The van der Waals surface area contributed by atoms with Crippen LogP contribution in [0.15, 0.2) is 15.8 Å². The van der Waals surface area contributed by atoms with E-state index in [4.69, 9.17) is 10.5 Å². The lowest BCUT2D eigenvalue weighted by Gasteiger charge is -2.05. The zero-order valence-electron chi connectivity index (χ0n) is 9.56. The largest absolute Gasteiger partial charge is 0.466 e. The summed E-state index contributed by atoms with van der Waals surface area (Å²) in [6, 6.07) is 0. The first-order chi connectivity index (χ1) is 8.04. The average molecular weight is 241 g/mol. The van der Waals surface area contributed by atoms with Crippen molar-refractivity contribution >= 4 is 11.7 Å². The van der Waals surface area contributed by atoms with Crippen LogP contribution in [0.3, 0.4) is 0 Å². The van der Waals surface area contributed by atoms with E-state index in [9.17, 15) is 14.4 Å². The Morgan fingerprint density at radius 2 is 2.24 bits per heavy atom. The molecule has 0 saturated carbocycles. The van der Waals surface area contributed by atoms with Crippen molar-refractivity contribution in [1.82, 2.24) is 9.55 Å². The SMILES string of the molecule is CCOC(=O)CCCn1cc(N)c(=O)[nH]c1=O. The summed E-state index contributed by atoms with van der Waals surface area (Å²) < 4.78 is 6.00. The van der Waals surface area contributed by atoms with E-state index < -0.39 is 11.2 Å². The van der Waals surface area contributed by atoms with Crippen molar-refractivity contribution in [3.63, 3.8) is 0 Å². The predicted molar refractivity (Wildman–Crippen MR) is 61.6 cm³/mol. The van der Waals surface area contributed by atoms with Crippen molar-refractivity contribution in [3.8, 4) is 0 Å². The molecule has 1 aromatic heterocycles. The minimum atomic E-state index is -0.600. The molecule has 1 heterocycles. The fraction of sp³-hybridized carbons (Fsp3) is 0.500. The van der Waals surface area contributed by atoms with Crippen LogP contribution in [-0.2, 0) is 16.1 Å². The normalized spacial score (nSPS) is 10.2. The molecule has 0 spiro atoms. The smallest absolute Gasteiger partial charge is 0.328 e. The van der Waals surface area contributed by atoms with Gasteiger partial charge in [-0.1, -0.05) is 0 Å². The van der Waals surface area contributed by atoms with Crippen molar-refractivity contribution in [2.45, 2.75) is 26.3 Å². The number of esters is 1. The molecule has 3 N–H and O–H groups in total. The van der Waals surface area contributed by atoms with Crippen molar-refractivity contribution in [1.29, 1.82) is 0 Å². The number of anilines is 1. The highest BCUT2D eigenvalue weighted by molar-refractivity contribution is 5.69. The van der Waals surface area contributed by atoms with Crippen LogP contribution >= 0.6 is 0 Å². The first-order valence-corrected chi connectivity index (χ1v) is 5.29. The first-order valence-electron chi connectivity index (χ1n) is 5.29. The van der Waals surface area contributed by atoms with E-state index in [1.165, 1.54) is 10.8 Å². The van der Waals surface area contributed by atoms with Crippen LogP contribution in [0.2, 0.25) is 0 Å². The first kappa shape index (κ1) is 13.0. The molecule has 0 fully saturated rings. The van der Waals surface area contributed by atoms with Gasteiger partial charge in [-0.25, -0.2) is 4.79 Å². The van der Waals surface area contributed by atoms with Gasteiger partial charge in [0.2, 0.25) is 0 Å². The maximum Gasteiger partial charge on any atom is 0.328 e. The van der Waals surface area contributed by atoms with Gasteiger partial charge in [-0.2, -0.15) is 0 Å². The van der Waals surface area contributed by atoms with Crippen LogP contribution in [-0.4, -0.2) is 22.1 Å². The van der Waals surface area contributed by atoms with Crippen LogP contribution in [0.5, 0.6) is 0 Å². The van der Waals surface area contributed by atoms with Crippen molar-refractivity contribution in [3.05, 3.63) is 27.0 Å². The van der Waals surface area contributed by atoms with E-state index in [-0.39, 0.29) is 18.1 Å². The molecule has 0 atom stereocenters. The molecule has 0 aliphatic carbocycles. The summed E-state index contributed by atoms with van der Waals surface area (Å²) in [4.78, 5) is 35.4. The molecule has 0 saturated heterocycles. The summed E-state index contributed by atoms with van der Waals surface area (Å²) in [6.45, 7) is 2.37. The van der Waals surface area contributed by atoms with Gasteiger partial charge in [-0.3, -0.25) is 19.1 Å². The van der Waals surface area contributed by atoms with Gasteiger partial charge < -0.3 is 10.5 Å². The van der Waals surface area contributed by atoms with Crippen LogP contribution in [0.1, 0.15) is 19.8 Å². The molecule has 94 valence electrons. The van der Waals surface area contributed by atoms with E-state index in [2.05, 4.69) is 4.98 Å². The van der Waals surface area contributed by atoms with Crippen LogP contribution in [0, 0.1) is 0 Å². The summed E-state index contributed by atoms with van der Waals surface area (Å²) in [6.07, 6.45) is 1.94. The number of carbonyl (C=O) groups is 1. The summed E-state index contributed by atoms with van der Waals surface area (Å²) in [5, 5.41) is 0. The van der Waals surface area contributed by atoms with Gasteiger partial charge in [0.25, 0.3) is 5.56 Å². The van der Waals surface area contributed by atoms with Crippen LogP contribution < -0.4 is 17.0 Å². The number of aromatic amines is 1. The third-order valence-electron chi connectivity index (χ3n) is 2.12. The third kappa shape index (κ3) is 3.78. The molecular weight excluding hydrogens is 226 g/mol. The monoisotopic (exact) mass is 241 g/mol. The van der Waals surface area contributed by atoms with Gasteiger partial charge in [0, 0.05) is 19.2 Å². The number of nitrogens with two attached hydrogens (primary N) is 1. The van der Waals surface area contributed by atoms with Gasteiger partial charge in [0.15, 0.2) is 0 Å². The summed E-state index contributed by atoms with van der Waals surface area (Å²) in [7, 11) is 0. The van der Waals surface area contributed by atoms with E-state index in [1.54, 1.807) is 6.92 Å². The van der Waals surface area contributed by atoms with E-state index >= 15 is 0 Å². The molecule has 0 aliphatic heterocycles. The molecule has 0 radical (unpaired) electrons. The van der Waals surface area contributed by atoms with E-state index in [0.29, 0.717) is 19.6 Å². The maximum atomic E-state index is 11.3. The Hall–Kier alpha value is -2.05. The average Bonchev–Trinajstić information content (AvgIpc) is 2.26. The second kappa shape index (κ2) is 5.88. The van der Waals surface area contributed by atoms with Crippen LogP contribution in [0.4, 0.5) is 5.69 Å². The molecule has 0 unspecified atom stereocenters. The molecule has 0 aromatic carbocycles. The maximum absolute atomic E-state index is 11.3. The molecule has 0 aliphatic rings. The topological polar surface area (TPSA) is 107 Å². The highest BCUT2D eigenvalue weighted by Crippen LogP contribution is 1.96. The van der Waals surface area contributed by atoms with E-state index in [1.807, 2.05) is 0 Å². The Labute approximate surface area is 97.2 Å². The molecule has 1 aromatic rings. The number of aromatic nitrogens is 2. The lowest BCUT2D eigenvalue weighted by molar-refractivity contribution is -0.143. The van der Waals surface area contributed by atoms with Crippen molar-refractivity contribution in [2.75, 3.05) is 12.3 Å². The number of hydrogen-bond acceptors (Lipinski definition) is 5. The second-order valence-electron chi connectivity index (χ2n) is 3.45. The minimum Gasteiger partial charge on any atom is -0.466 e. The minimum absolute atomic E-state index is 0.0271. The highest BCUT2D eigenvalue weighted by Gasteiger charge is 2.04. The molecule has 1 rings (SSSR count). The molecular formula is C10H15N3O4. The van der Waals surface area contributed by atoms with E-state index in [0.717, 1.165) is 0 Å². The Morgan fingerprint density at radius 3 is 2.88 bits per heavy atom. The van der Waals surface area contributed by atoms with Gasteiger partial charge in [0.1, 0.15) is 5.69 Å². The number of carbonyl (C=O) groups excluding carboxylic acids is 1. The number of hydrogen-bond donors (Lipinski definition) is 2. The standard InChI is InChI=1S/C10H15N3O4/c1-2-17-8(14)4-3-5-13-6-7(11)9(15)12-10(13)16/h6H,2-5,11H2,1H3,(H,12,15,16). The molecule has 0 amide bonds. The Balaban J connectivity index is 2.58. The number of rotatable bonds is 5. The summed E-state index contributed by atoms with van der Waals surface area (Å²) >= 11 is 0. The Morgan fingerprint density at radius 1 is 1.53 bits per heavy atom. The third-order valence-corrected chi connectivity index (χ3v) is 2.12. The highest BCUT2D eigenvalue weighted by atomic mass is 16.5. The molecule has 7 heteroatoms. The number of H-pyrrole nitrogens is 1. The van der Waals surface area contributed by atoms with Gasteiger partial charge in [-0.05, 0) is 13.3 Å². The van der Waals surface area contributed by atoms with Gasteiger partial charge in [-0.15, -0.1) is 0 Å². The summed E-state index contributed by atoms with van der Waals surface area (Å²) in [5.41, 5.74) is 4.21. The molecule has 0 bridgehead atoms. The predicted octanol–water partition coefficient (Wildman–Crippen LogP) is -0.538. The van der Waals surface area contributed by atoms with Gasteiger partial charge >= 0.3 is 11.7 Å². The zero-order valence-corrected chi connectivity index (χ0v) is 9.56. The number of ether oxygens (including phenoxy) is 1. The Kier molecular flexibility index (Phi) is 4.50. The summed E-state index contributed by atoms with van der Waals surface area (Å²) in [5.74, 6) is -0.307. The van der Waals surface area contributed by atoms with Crippen LogP contribution in [0.25, 0.3) is 0 Å². The number of nitrogen functional groups attached to an aromatic ring is 1. The second-order valence-corrected chi connectivity index (χ2v) is 3.45. The number of nitrogens with zero attached hydrogens (tertiary/aromatic N) is 1. The quantitative estimate of drug-likeness (QED) is 0.673. The lowest BCUT2D eigenvalue weighted by atomic mass is 10.3. The fourth-order valence-corrected chi connectivity index (χ4v) is 1.32. The lowest BCUT2D eigenvalue weighted by Crippen LogP contribution is -2.31. The molecule has 7 nitrogen and oxygen atoms in total. The Bertz CT molecular complexity index is 503. The van der Waals surface area contributed by atoms with Crippen molar-refractivity contribution in [2.24, 2.45) is 0 Å².